The van der Waals surface area contributed by atoms with E-state index in [1.54, 1.807) is 6.07 Å². The van der Waals surface area contributed by atoms with Gasteiger partial charge in [-0.15, -0.1) is 0 Å². The van der Waals surface area contributed by atoms with E-state index in [4.69, 9.17) is 28.5 Å². The van der Waals surface area contributed by atoms with E-state index in [1.165, 1.54) is 19.2 Å². The van der Waals surface area contributed by atoms with E-state index in [2.05, 4.69) is 14.8 Å². The van der Waals surface area contributed by atoms with Crippen LogP contribution in [0.3, 0.4) is 0 Å². The molecule has 0 saturated heterocycles. The lowest BCUT2D eigenvalue weighted by Gasteiger charge is -2.10. The lowest BCUT2D eigenvalue weighted by Crippen LogP contribution is -2.07. The Morgan fingerprint density at radius 3 is 2.48 bits per heavy atom. The second-order valence-corrected chi connectivity index (χ2v) is 4.37. The predicted octanol–water partition coefficient (Wildman–Crippen LogP) is 2.77. The van der Waals surface area contributed by atoms with Gasteiger partial charge in [0.15, 0.2) is 5.57 Å². The van der Waals surface area contributed by atoms with E-state index in [1.807, 2.05) is 0 Å². The highest BCUT2D eigenvalue weighted by Crippen LogP contribution is 2.32. The normalized spacial score (nSPS) is 10.5. The zero-order valence-corrected chi connectivity index (χ0v) is 12.6. The smallest absolute Gasteiger partial charge is 0.350 e. The monoisotopic (exact) mass is 328 g/mol. The van der Waals surface area contributed by atoms with Crippen LogP contribution in [-0.4, -0.2) is 26.2 Å². The van der Waals surface area contributed by atoms with Crippen LogP contribution in [0.15, 0.2) is 23.9 Å². The second-order valence-electron chi connectivity index (χ2n) is 3.58. The standard InChI is InChI=1S/C13H10Cl2N2O4/c1-20-12(18)7(5-16)6-17-9-4-3-8(14)10(11(9)15)13(19)21-2/h3-4,6,17H,1-2H3. The molecule has 1 N–H and O–H groups in total. The molecule has 8 heteroatoms. The van der Waals surface area contributed by atoms with Crippen molar-refractivity contribution >= 4 is 40.8 Å². The summed E-state index contributed by atoms with van der Waals surface area (Å²) >= 11 is 11.9. The van der Waals surface area contributed by atoms with Crippen molar-refractivity contribution in [3.05, 3.63) is 39.5 Å². The molecule has 0 fully saturated rings. The van der Waals surface area contributed by atoms with Crippen molar-refractivity contribution in [2.75, 3.05) is 19.5 Å². The fourth-order valence-electron chi connectivity index (χ4n) is 1.35. The van der Waals surface area contributed by atoms with Crippen molar-refractivity contribution in [1.82, 2.24) is 0 Å². The Balaban J connectivity index is 3.17. The Morgan fingerprint density at radius 2 is 1.95 bits per heavy atom. The molecule has 6 nitrogen and oxygen atoms in total. The van der Waals surface area contributed by atoms with Crippen LogP contribution in [0.2, 0.25) is 10.0 Å². The molecule has 0 aliphatic rings. The Hall–Kier alpha value is -2.23. The van der Waals surface area contributed by atoms with E-state index >= 15 is 0 Å². The van der Waals surface area contributed by atoms with Gasteiger partial charge in [0, 0.05) is 6.20 Å². The molecule has 0 unspecified atom stereocenters. The van der Waals surface area contributed by atoms with Crippen LogP contribution < -0.4 is 5.32 Å². The topological polar surface area (TPSA) is 88.4 Å². The van der Waals surface area contributed by atoms with E-state index < -0.39 is 11.9 Å². The second kappa shape index (κ2) is 7.53. The van der Waals surface area contributed by atoms with Crippen molar-refractivity contribution in [2.24, 2.45) is 0 Å². The minimum absolute atomic E-state index is 0.00718. The van der Waals surface area contributed by atoms with Crippen molar-refractivity contribution in [2.45, 2.75) is 0 Å². The molecule has 1 rings (SSSR count). The van der Waals surface area contributed by atoms with Crippen molar-refractivity contribution in [3.63, 3.8) is 0 Å². The average molecular weight is 329 g/mol. The molecule has 0 aromatic heterocycles. The summed E-state index contributed by atoms with van der Waals surface area (Å²) in [5.74, 6) is -1.51. The fourth-order valence-corrected chi connectivity index (χ4v) is 1.93. The molecule has 0 amide bonds. The highest BCUT2D eigenvalue weighted by molar-refractivity contribution is 6.41. The van der Waals surface area contributed by atoms with Gasteiger partial charge in [0.1, 0.15) is 6.07 Å². The van der Waals surface area contributed by atoms with Crippen LogP contribution in [0, 0.1) is 11.3 Å². The number of esters is 2. The SMILES string of the molecule is COC(=O)C(C#N)=CNc1ccc(Cl)c(C(=O)OC)c1Cl. The first-order valence-corrected chi connectivity index (χ1v) is 6.23. The van der Waals surface area contributed by atoms with Gasteiger partial charge < -0.3 is 14.8 Å². The highest BCUT2D eigenvalue weighted by atomic mass is 35.5. The third-order valence-electron chi connectivity index (χ3n) is 2.38. The molecule has 0 heterocycles. The van der Waals surface area contributed by atoms with Gasteiger partial charge in [0.2, 0.25) is 0 Å². The molecule has 0 aliphatic carbocycles. The molecule has 110 valence electrons. The van der Waals surface area contributed by atoms with Gasteiger partial charge >= 0.3 is 11.9 Å². The molecule has 1 aromatic carbocycles. The molecule has 0 saturated carbocycles. The molecule has 0 bridgehead atoms. The summed E-state index contributed by atoms with van der Waals surface area (Å²) in [6.45, 7) is 0. The van der Waals surface area contributed by atoms with Gasteiger partial charge in [-0.2, -0.15) is 5.26 Å². The maximum atomic E-state index is 11.6. The van der Waals surface area contributed by atoms with Gasteiger partial charge in [-0.25, -0.2) is 9.59 Å². The van der Waals surface area contributed by atoms with E-state index in [9.17, 15) is 9.59 Å². The molecule has 0 atom stereocenters. The fraction of sp³-hybridized carbons (Fsp3) is 0.154. The van der Waals surface area contributed by atoms with Gasteiger partial charge in [-0.05, 0) is 12.1 Å². The van der Waals surface area contributed by atoms with Crippen LogP contribution in [0.5, 0.6) is 0 Å². The first-order chi connectivity index (χ1) is 9.96. The summed E-state index contributed by atoms with van der Waals surface area (Å²) in [5.41, 5.74) is -0.00272. The van der Waals surface area contributed by atoms with Crippen LogP contribution in [0.1, 0.15) is 10.4 Å². The summed E-state index contributed by atoms with van der Waals surface area (Å²) in [7, 11) is 2.35. The molecule has 21 heavy (non-hydrogen) atoms. The third kappa shape index (κ3) is 3.88. The first kappa shape index (κ1) is 16.8. The van der Waals surface area contributed by atoms with Crippen LogP contribution in [0.4, 0.5) is 5.69 Å². The van der Waals surface area contributed by atoms with E-state index in [0.29, 0.717) is 0 Å². The average Bonchev–Trinajstić information content (AvgIpc) is 2.49. The number of nitriles is 1. The number of halogens is 2. The minimum atomic E-state index is -0.803. The summed E-state index contributed by atoms with van der Waals surface area (Å²) in [6.07, 6.45) is 1.11. The summed E-state index contributed by atoms with van der Waals surface area (Å²) in [6, 6.07) is 4.58. The third-order valence-corrected chi connectivity index (χ3v) is 3.09. The summed E-state index contributed by atoms with van der Waals surface area (Å²) in [4.78, 5) is 22.8. The molecule has 0 radical (unpaired) electrons. The summed E-state index contributed by atoms with van der Waals surface area (Å²) in [5, 5.41) is 11.6. The number of anilines is 1. The van der Waals surface area contributed by atoms with Gasteiger partial charge in [0.25, 0.3) is 0 Å². The lowest BCUT2D eigenvalue weighted by atomic mass is 10.2. The molecule has 0 spiro atoms. The van der Waals surface area contributed by atoms with E-state index in [0.717, 1.165) is 13.3 Å². The number of carbonyl (C=O) groups excluding carboxylic acids is 2. The van der Waals surface area contributed by atoms with Crippen LogP contribution in [-0.2, 0) is 14.3 Å². The summed E-state index contributed by atoms with van der Waals surface area (Å²) < 4.78 is 9.00. The Morgan fingerprint density at radius 1 is 1.29 bits per heavy atom. The number of carbonyl (C=O) groups is 2. The number of hydrogen-bond donors (Lipinski definition) is 1. The Bertz CT molecular complexity index is 650. The molecule has 0 aliphatic heterocycles. The van der Waals surface area contributed by atoms with Gasteiger partial charge in [-0.1, -0.05) is 23.2 Å². The maximum absolute atomic E-state index is 11.6. The maximum Gasteiger partial charge on any atom is 0.350 e. The van der Waals surface area contributed by atoms with Gasteiger partial charge in [0.05, 0.1) is 35.5 Å². The molecular weight excluding hydrogens is 319 g/mol. The zero-order chi connectivity index (χ0) is 16.0. The quantitative estimate of drug-likeness (QED) is 0.519. The van der Waals surface area contributed by atoms with Crippen molar-refractivity contribution in [3.8, 4) is 6.07 Å². The first-order valence-electron chi connectivity index (χ1n) is 5.47. The zero-order valence-electron chi connectivity index (χ0n) is 11.1. The lowest BCUT2D eigenvalue weighted by molar-refractivity contribution is -0.135. The van der Waals surface area contributed by atoms with E-state index in [-0.39, 0.29) is 26.9 Å². The number of methoxy groups -OCH3 is 2. The van der Waals surface area contributed by atoms with Crippen molar-refractivity contribution < 1.29 is 19.1 Å². The minimum Gasteiger partial charge on any atom is -0.465 e. The number of hydrogen-bond acceptors (Lipinski definition) is 6. The number of nitrogens with zero attached hydrogens (tertiary/aromatic N) is 1. The number of rotatable bonds is 4. The van der Waals surface area contributed by atoms with Crippen LogP contribution in [0.25, 0.3) is 0 Å². The van der Waals surface area contributed by atoms with Crippen molar-refractivity contribution in [1.29, 1.82) is 5.26 Å². The number of nitrogens with one attached hydrogen (secondary N) is 1. The Kier molecular flexibility index (Phi) is 6.03. The molecular formula is C13H10Cl2N2O4. The molecule has 1 aromatic rings. The number of ether oxygens (including phenoxy) is 2. The Labute approximate surface area is 130 Å². The largest absolute Gasteiger partial charge is 0.465 e. The number of benzene rings is 1. The van der Waals surface area contributed by atoms with Gasteiger partial charge in [-0.3, -0.25) is 0 Å². The van der Waals surface area contributed by atoms with Crippen LogP contribution >= 0.6 is 23.2 Å². The highest BCUT2D eigenvalue weighted by Gasteiger charge is 2.18. The predicted molar refractivity (Wildman–Crippen MR) is 77.1 cm³/mol.